The average molecular weight is 432 g/mol. The van der Waals surface area contributed by atoms with Crippen molar-refractivity contribution >= 4 is 15.7 Å². The maximum Gasteiger partial charge on any atom is 0.231 e. The van der Waals surface area contributed by atoms with Gasteiger partial charge in [-0.1, -0.05) is 30.3 Å². The van der Waals surface area contributed by atoms with Crippen LogP contribution in [-0.2, 0) is 16.4 Å². The van der Waals surface area contributed by atoms with Gasteiger partial charge in [-0.15, -0.1) is 0 Å². The third-order valence-corrected chi connectivity index (χ3v) is 6.89. The molecule has 0 bridgehead atoms. The second-order valence-electron chi connectivity index (χ2n) is 8.39. The van der Waals surface area contributed by atoms with Crippen LogP contribution < -0.4 is 14.9 Å². The van der Waals surface area contributed by atoms with Crippen LogP contribution in [0.3, 0.4) is 0 Å². The molecule has 6 nitrogen and oxygen atoms in total. The maximum absolute atomic E-state index is 12.0. The van der Waals surface area contributed by atoms with Crippen molar-refractivity contribution in [2.45, 2.75) is 45.3 Å². The molecule has 0 unspecified atom stereocenters. The predicted molar refractivity (Wildman–Crippen MR) is 122 cm³/mol. The van der Waals surface area contributed by atoms with E-state index in [0.717, 1.165) is 37.1 Å². The van der Waals surface area contributed by atoms with Crippen LogP contribution in [-0.4, -0.2) is 39.4 Å². The molecule has 0 spiro atoms. The zero-order chi connectivity index (χ0) is 21.9. The molecule has 0 aliphatic carbocycles. The molecule has 1 saturated heterocycles. The summed E-state index contributed by atoms with van der Waals surface area (Å²) in [7, 11) is -1.76. The topological polar surface area (TPSA) is 75.9 Å². The van der Waals surface area contributed by atoms with Gasteiger partial charge in [0.05, 0.1) is 24.1 Å². The molecule has 30 heavy (non-hydrogen) atoms. The largest absolute Gasteiger partial charge is 0.491 e. The summed E-state index contributed by atoms with van der Waals surface area (Å²) in [5, 5.41) is 1.94. The Labute approximate surface area is 180 Å². The van der Waals surface area contributed by atoms with Crippen molar-refractivity contribution in [2.24, 2.45) is 11.8 Å². The highest BCUT2D eigenvalue weighted by atomic mass is 32.2. The van der Waals surface area contributed by atoms with Crippen molar-refractivity contribution in [3.8, 4) is 5.75 Å². The van der Waals surface area contributed by atoms with Gasteiger partial charge in [-0.25, -0.2) is 13.4 Å². The number of piperidine rings is 1. The summed E-state index contributed by atoms with van der Waals surface area (Å²) in [6, 6.07) is 16.1. The van der Waals surface area contributed by atoms with Gasteiger partial charge in [0.1, 0.15) is 5.75 Å². The fraction of sp³-hybridized carbons (Fsp3) is 0.478. The van der Waals surface area contributed by atoms with Crippen LogP contribution in [0.25, 0.3) is 0 Å². The van der Waals surface area contributed by atoms with Gasteiger partial charge in [0, 0.05) is 13.6 Å². The summed E-state index contributed by atoms with van der Waals surface area (Å²) in [4.78, 5) is 0. The van der Waals surface area contributed by atoms with Gasteiger partial charge in [0.15, 0.2) is 0 Å². The van der Waals surface area contributed by atoms with Crippen LogP contribution in [0.1, 0.15) is 43.9 Å². The van der Waals surface area contributed by atoms with Crippen molar-refractivity contribution in [3.63, 3.8) is 0 Å². The smallest absolute Gasteiger partial charge is 0.231 e. The van der Waals surface area contributed by atoms with Crippen molar-refractivity contribution in [2.75, 3.05) is 24.2 Å². The Bertz CT molecular complexity index is 947. The summed E-state index contributed by atoms with van der Waals surface area (Å²) < 4.78 is 31.5. The highest BCUT2D eigenvalue weighted by Crippen LogP contribution is 2.39. The normalized spacial score (nSPS) is 20.3. The quantitative estimate of drug-likeness (QED) is 0.676. The molecule has 1 fully saturated rings. The molecule has 2 aromatic carbocycles. The molecule has 1 aliphatic heterocycles. The Hall–Kier alpha value is -2.09. The van der Waals surface area contributed by atoms with Gasteiger partial charge in [0.2, 0.25) is 10.0 Å². The molecule has 2 aromatic rings. The molecule has 2 N–H and O–H groups in total. The lowest BCUT2D eigenvalue weighted by atomic mass is 9.81. The lowest BCUT2D eigenvalue weighted by Gasteiger charge is -2.39. The number of nitrogens with zero attached hydrogens (tertiary/aromatic N) is 2. The lowest BCUT2D eigenvalue weighted by Crippen LogP contribution is -2.44. The second-order valence-corrected chi connectivity index (χ2v) is 10.4. The van der Waals surface area contributed by atoms with E-state index in [1.807, 2.05) is 49.2 Å². The maximum atomic E-state index is 12.0. The molecule has 0 saturated carbocycles. The number of benzene rings is 2. The van der Waals surface area contributed by atoms with Gasteiger partial charge < -0.3 is 4.74 Å². The first kappa shape index (κ1) is 22.6. The minimum absolute atomic E-state index is 0.0320. The monoisotopic (exact) mass is 431 g/mol. The molecular weight excluding hydrogens is 398 g/mol. The van der Waals surface area contributed by atoms with Crippen LogP contribution >= 0.6 is 0 Å². The Kier molecular flexibility index (Phi) is 7.06. The van der Waals surface area contributed by atoms with Gasteiger partial charge >= 0.3 is 0 Å². The minimum atomic E-state index is -3.34. The molecule has 3 rings (SSSR count). The number of hydrogen-bond donors (Lipinski definition) is 1. The van der Waals surface area contributed by atoms with E-state index in [1.165, 1.54) is 16.1 Å². The first-order valence-corrected chi connectivity index (χ1v) is 12.3. The Balaban J connectivity index is 1.97. The van der Waals surface area contributed by atoms with E-state index in [0.29, 0.717) is 11.6 Å². The summed E-state index contributed by atoms with van der Waals surface area (Å²) in [5.41, 5.74) is 2.86. The van der Waals surface area contributed by atoms with Crippen LogP contribution in [0, 0.1) is 5.92 Å². The molecule has 7 heteroatoms. The third-order valence-electron chi connectivity index (χ3n) is 5.69. The van der Waals surface area contributed by atoms with Crippen LogP contribution in [0.4, 0.5) is 5.69 Å². The second kappa shape index (κ2) is 9.37. The van der Waals surface area contributed by atoms with E-state index in [9.17, 15) is 8.42 Å². The van der Waals surface area contributed by atoms with Gasteiger partial charge in [-0.3, -0.25) is 10.1 Å². The molecule has 1 aliphatic rings. The summed E-state index contributed by atoms with van der Waals surface area (Å²) in [6.45, 7) is 4.85. The zero-order valence-corrected chi connectivity index (χ0v) is 19.1. The van der Waals surface area contributed by atoms with Crippen LogP contribution in [0.5, 0.6) is 5.75 Å². The molecule has 2 atom stereocenters. The lowest BCUT2D eigenvalue weighted by molar-refractivity contribution is 0.0919. The molecule has 0 radical (unpaired) electrons. The summed E-state index contributed by atoms with van der Waals surface area (Å²) in [5.74, 6) is 7.53. The SMILES string of the molecule is CC(C)Oc1ccc(N(C)S(C)(=O)=O)cc1C[C@@H]1CCCN(N)[C@@H]1c1ccccc1. The van der Waals surface area contributed by atoms with Crippen molar-refractivity contribution < 1.29 is 13.2 Å². The highest BCUT2D eigenvalue weighted by Gasteiger charge is 2.32. The number of hydrazine groups is 1. The van der Waals surface area contributed by atoms with E-state index in [-0.39, 0.29) is 12.1 Å². The zero-order valence-electron chi connectivity index (χ0n) is 18.3. The van der Waals surface area contributed by atoms with E-state index in [2.05, 4.69) is 12.1 Å². The van der Waals surface area contributed by atoms with E-state index in [4.69, 9.17) is 10.6 Å². The Morgan fingerprint density at radius 1 is 1.20 bits per heavy atom. The average Bonchev–Trinajstić information content (AvgIpc) is 2.68. The van der Waals surface area contributed by atoms with Gasteiger partial charge in [-0.05, 0) is 68.4 Å². The fourth-order valence-corrected chi connectivity index (χ4v) is 4.69. The van der Waals surface area contributed by atoms with Crippen LogP contribution in [0.15, 0.2) is 48.5 Å². The predicted octanol–water partition coefficient (Wildman–Crippen LogP) is 3.74. The van der Waals surface area contributed by atoms with Gasteiger partial charge in [-0.2, -0.15) is 0 Å². The Morgan fingerprint density at radius 3 is 2.53 bits per heavy atom. The van der Waals surface area contributed by atoms with Crippen molar-refractivity contribution in [1.29, 1.82) is 0 Å². The molecule has 0 amide bonds. The summed E-state index contributed by atoms with van der Waals surface area (Å²) >= 11 is 0. The summed E-state index contributed by atoms with van der Waals surface area (Å²) in [6.07, 6.45) is 4.10. The number of hydrogen-bond acceptors (Lipinski definition) is 5. The van der Waals surface area contributed by atoms with Crippen LogP contribution in [0.2, 0.25) is 0 Å². The number of anilines is 1. The Morgan fingerprint density at radius 2 is 1.90 bits per heavy atom. The van der Waals surface area contributed by atoms with Gasteiger partial charge in [0.25, 0.3) is 0 Å². The number of nitrogens with two attached hydrogens (primary N) is 1. The number of rotatable bonds is 7. The molecular formula is C23H33N3O3S. The van der Waals surface area contributed by atoms with Crippen molar-refractivity contribution in [3.05, 3.63) is 59.7 Å². The number of sulfonamides is 1. The standard InChI is InChI=1S/C23H33N3O3S/c1-17(2)29-22-13-12-21(25(3)30(4,27)28)16-20(22)15-19-11-8-14-26(24)23(19)18-9-6-5-7-10-18/h5-7,9-10,12-13,16-17,19,23H,8,11,14-15,24H2,1-4H3/t19-,23+/m0/s1. The van der Waals surface area contributed by atoms with E-state index < -0.39 is 10.0 Å². The van der Waals surface area contributed by atoms with E-state index >= 15 is 0 Å². The number of ether oxygens (including phenoxy) is 1. The molecule has 164 valence electrons. The van der Waals surface area contributed by atoms with E-state index in [1.54, 1.807) is 13.1 Å². The fourth-order valence-electron chi connectivity index (χ4n) is 4.20. The molecule has 0 aromatic heterocycles. The minimum Gasteiger partial charge on any atom is -0.491 e. The molecule has 1 heterocycles. The third kappa shape index (κ3) is 5.33. The highest BCUT2D eigenvalue weighted by molar-refractivity contribution is 7.92. The first-order valence-electron chi connectivity index (χ1n) is 10.5. The van der Waals surface area contributed by atoms with Crippen molar-refractivity contribution in [1.82, 2.24) is 5.01 Å². The first-order chi connectivity index (χ1) is 14.2.